The van der Waals surface area contributed by atoms with Crippen molar-refractivity contribution in [3.63, 3.8) is 0 Å². The van der Waals surface area contributed by atoms with Gasteiger partial charge in [-0.15, -0.1) is 5.10 Å². The molecule has 3 rings (SSSR count). The maximum Gasteiger partial charge on any atom is 0.343 e. The Morgan fingerprint density at radius 3 is 2.41 bits per heavy atom. The lowest BCUT2D eigenvalue weighted by Crippen LogP contribution is -2.08. The van der Waals surface area contributed by atoms with Crippen LogP contribution in [0, 0.1) is 11.3 Å². The van der Waals surface area contributed by atoms with Crippen molar-refractivity contribution in [2.24, 2.45) is 0 Å². The summed E-state index contributed by atoms with van der Waals surface area (Å²) in [6.45, 7) is 0. The standard InChI is InChI=1S/C15H9N5O2/c16-9-11-1-3-12(4-2-11)15(21)22-14-7-5-13(6-8-14)20-10-17-18-19-20/h1-8,10H. The topological polar surface area (TPSA) is 93.7 Å². The predicted molar refractivity (Wildman–Crippen MR) is 75.3 cm³/mol. The zero-order valence-electron chi connectivity index (χ0n) is 11.2. The van der Waals surface area contributed by atoms with Crippen LogP contribution >= 0.6 is 0 Å². The molecule has 0 spiro atoms. The van der Waals surface area contributed by atoms with Crippen LogP contribution in [0.5, 0.6) is 5.75 Å². The van der Waals surface area contributed by atoms with E-state index in [1.54, 1.807) is 48.5 Å². The number of carbonyl (C=O) groups is 1. The van der Waals surface area contributed by atoms with Gasteiger partial charge in [-0.2, -0.15) is 5.26 Å². The molecule has 0 amide bonds. The van der Waals surface area contributed by atoms with Crippen LogP contribution in [0.1, 0.15) is 15.9 Å². The fourth-order valence-corrected chi connectivity index (χ4v) is 1.79. The van der Waals surface area contributed by atoms with E-state index in [0.29, 0.717) is 16.9 Å². The Hall–Kier alpha value is -3.53. The van der Waals surface area contributed by atoms with Gasteiger partial charge < -0.3 is 4.74 Å². The lowest BCUT2D eigenvalue weighted by atomic mass is 10.1. The third-order valence-corrected chi connectivity index (χ3v) is 2.91. The van der Waals surface area contributed by atoms with Crippen molar-refractivity contribution in [2.45, 2.75) is 0 Å². The van der Waals surface area contributed by atoms with E-state index in [2.05, 4.69) is 15.5 Å². The molecule has 7 nitrogen and oxygen atoms in total. The zero-order chi connectivity index (χ0) is 15.4. The van der Waals surface area contributed by atoms with Crippen LogP contribution < -0.4 is 4.74 Å². The molecule has 0 fully saturated rings. The van der Waals surface area contributed by atoms with Crippen LogP contribution in [0.4, 0.5) is 0 Å². The molecule has 0 radical (unpaired) electrons. The highest BCUT2D eigenvalue weighted by Crippen LogP contribution is 2.16. The van der Waals surface area contributed by atoms with Gasteiger partial charge in [-0.3, -0.25) is 0 Å². The van der Waals surface area contributed by atoms with Crippen molar-refractivity contribution in [2.75, 3.05) is 0 Å². The maximum atomic E-state index is 12.0. The number of nitrogens with zero attached hydrogens (tertiary/aromatic N) is 5. The fraction of sp³-hybridized carbons (Fsp3) is 0. The quantitative estimate of drug-likeness (QED) is 0.539. The molecule has 2 aromatic carbocycles. The molecule has 7 heteroatoms. The Labute approximate surface area is 125 Å². The average Bonchev–Trinajstić information content (AvgIpc) is 3.10. The van der Waals surface area contributed by atoms with E-state index >= 15 is 0 Å². The van der Waals surface area contributed by atoms with E-state index in [9.17, 15) is 4.79 Å². The molecule has 3 aromatic rings. The van der Waals surface area contributed by atoms with Gasteiger partial charge >= 0.3 is 5.97 Å². The fourth-order valence-electron chi connectivity index (χ4n) is 1.79. The average molecular weight is 291 g/mol. The Morgan fingerprint density at radius 1 is 1.09 bits per heavy atom. The zero-order valence-corrected chi connectivity index (χ0v) is 11.2. The minimum Gasteiger partial charge on any atom is -0.423 e. The lowest BCUT2D eigenvalue weighted by Gasteiger charge is -2.05. The molecule has 1 aromatic heterocycles. The van der Waals surface area contributed by atoms with Crippen molar-refractivity contribution < 1.29 is 9.53 Å². The van der Waals surface area contributed by atoms with E-state index in [0.717, 1.165) is 5.69 Å². The molecule has 0 N–H and O–H groups in total. The van der Waals surface area contributed by atoms with Gasteiger partial charge in [0.1, 0.15) is 12.1 Å². The number of rotatable bonds is 3. The van der Waals surface area contributed by atoms with Gasteiger partial charge in [0, 0.05) is 0 Å². The predicted octanol–water partition coefficient (Wildman–Crippen LogP) is 1.75. The van der Waals surface area contributed by atoms with Crippen LogP contribution in [0.15, 0.2) is 54.9 Å². The third kappa shape index (κ3) is 2.81. The maximum absolute atomic E-state index is 12.0. The number of esters is 1. The molecule has 0 atom stereocenters. The SMILES string of the molecule is N#Cc1ccc(C(=O)Oc2ccc(-n3cnnn3)cc2)cc1. The second-order valence-electron chi connectivity index (χ2n) is 4.33. The Kier molecular flexibility index (Phi) is 3.58. The van der Waals surface area contributed by atoms with Crippen molar-refractivity contribution >= 4 is 5.97 Å². The molecule has 106 valence electrons. The second kappa shape index (κ2) is 5.85. The van der Waals surface area contributed by atoms with E-state index in [1.165, 1.54) is 11.0 Å². The van der Waals surface area contributed by atoms with Gasteiger partial charge in [0.15, 0.2) is 0 Å². The summed E-state index contributed by atoms with van der Waals surface area (Å²) in [6, 6.07) is 15.0. The lowest BCUT2D eigenvalue weighted by molar-refractivity contribution is 0.0735. The van der Waals surface area contributed by atoms with Crippen molar-refractivity contribution in [1.82, 2.24) is 20.2 Å². The molecule has 0 bridgehead atoms. The summed E-state index contributed by atoms with van der Waals surface area (Å²) < 4.78 is 6.76. The number of ether oxygens (including phenoxy) is 1. The number of carbonyl (C=O) groups excluding carboxylic acids is 1. The molecule has 22 heavy (non-hydrogen) atoms. The number of tetrazole rings is 1. The first-order valence-electron chi connectivity index (χ1n) is 6.32. The Morgan fingerprint density at radius 2 is 1.82 bits per heavy atom. The normalized spacial score (nSPS) is 9.95. The van der Waals surface area contributed by atoms with Crippen LogP contribution in [0.3, 0.4) is 0 Å². The van der Waals surface area contributed by atoms with Crippen LogP contribution in [-0.2, 0) is 0 Å². The smallest absolute Gasteiger partial charge is 0.343 e. The molecule has 0 saturated carbocycles. The molecule has 1 heterocycles. The molecular weight excluding hydrogens is 282 g/mol. The summed E-state index contributed by atoms with van der Waals surface area (Å²) in [5.74, 6) is -0.0779. The van der Waals surface area contributed by atoms with Gasteiger partial charge in [-0.25, -0.2) is 9.48 Å². The van der Waals surface area contributed by atoms with Gasteiger partial charge in [-0.05, 0) is 59.0 Å². The summed E-state index contributed by atoms with van der Waals surface area (Å²) in [5, 5.41) is 19.6. The Balaban J connectivity index is 1.72. The van der Waals surface area contributed by atoms with E-state index in [-0.39, 0.29) is 0 Å². The first kappa shape index (κ1) is 13.5. The highest BCUT2D eigenvalue weighted by Gasteiger charge is 2.09. The summed E-state index contributed by atoms with van der Waals surface area (Å²) in [4.78, 5) is 12.0. The molecule has 0 aliphatic heterocycles. The van der Waals surface area contributed by atoms with E-state index in [1.807, 2.05) is 6.07 Å². The number of nitriles is 1. The molecule has 0 aliphatic rings. The Bertz CT molecular complexity index is 818. The minimum absolute atomic E-state index is 0.378. The number of hydrogen-bond acceptors (Lipinski definition) is 6. The second-order valence-corrected chi connectivity index (χ2v) is 4.33. The van der Waals surface area contributed by atoms with Gasteiger partial charge in [0.2, 0.25) is 0 Å². The highest BCUT2D eigenvalue weighted by atomic mass is 16.5. The largest absolute Gasteiger partial charge is 0.423 e. The summed E-state index contributed by atoms with van der Waals surface area (Å²) in [6.07, 6.45) is 1.47. The molecule has 0 unspecified atom stereocenters. The monoisotopic (exact) mass is 291 g/mol. The number of hydrogen-bond donors (Lipinski definition) is 0. The van der Waals surface area contributed by atoms with Gasteiger partial charge in [-0.1, -0.05) is 0 Å². The number of aromatic nitrogens is 4. The van der Waals surface area contributed by atoms with Crippen LogP contribution in [0.2, 0.25) is 0 Å². The molecule has 0 aliphatic carbocycles. The molecule has 0 saturated heterocycles. The van der Waals surface area contributed by atoms with Gasteiger partial charge in [0.05, 0.1) is 22.9 Å². The first-order valence-corrected chi connectivity index (χ1v) is 6.32. The summed E-state index contributed by atoms with van der Waals surface area (Å²) in [7, 11) is 0. The first-order chi connectivity index (χ1) is 10.8. The van der Waals surface area contributed by atoms with E-state index in [4.69, 9.17) is 10.00 Å². The van der Waals surface area contributed by atoms with Crippen molar-refractivity contribution in [1.29, 1.82) is 5.26 Å². The van der Waals surface area contributed by atoms with Crippen LogP contribution in [0.25, 0.3) is 5.69 Å². The third-order valence-electron chi connectivity index (χ3n) is 2.91. The highest BCUT2D eigenvalue weighted by molar-refractivity contribution is 5.91. The van der Waals surface area contributed by atoms with Crippen LogP contribution in [-0.4, -0.2) is 26.2 Å². The van der Waals surface area contributed by atoms with Crippen molar-refractivity contribution in [3.05, 3.63) is 66.0 Å². The minimum atomic E-state index is -0.486. The summed E-state index contributed by atoms with van der Waals surface area (Å²) in [5.41, 5.74) is 1.62. The van der Waals surface area contributed by atoms with E-state index < -0.39 is 5.97 Å². The number of benzene rings is 2. The molecular formula is C15H9N5O2. The summed E-state index contributed by atoms with van der Waals surface area (Å²) >= 11 is 0. The van der Waals surface area contributed by atoms with Gasteiger partial charge in [0.25, 0.3) is 0 Å². The van der Waals surface area contributed by atoms with Crippen molar-refractivity contribution in [3.8, 4) is 17.5 Å².